The Hall–Kier alpha value is -5.07. The molecule has 0 atom stereocenters. The zero-order chi connectivity index (χ0) is 27.4. The lowest BCUT2D eigenvalue weighted by Crippen LogP contribution is -2.22. The van der Waals surface area contributed by atoms with Crippen LogP contribution >= 0.6 is 0 Å². The van der Waals surface area contributed by atoms with Crippen LogP contribution in [0.25, 0.3) is 21.5 Å². The molecule has 5 aromatic rings. The minimum Gasteiger partial charge on any atom is -0.301 e. The van der Waals surface area contributed by atoms with E-state index in [2.05, 4.69) is 0 Å². The molecule has 0 amide bonds. The highest BCUT2D eigenvalue weighted by Gasteiger charge is 2.39. The van der Waals surface area contributed by atoms with Crippen molar-refractivity contribution < 1.29 is 18.0 Å². The maximum atomic E-state index is 13.9. The number of rotatable bonds is 4. The molecule has 0 saturated heterocycles. The number of ketones is 2. The van der Waals surface area contributed by atoms with E-state index in [0.29, 0.717) is 33.3 Å². The number of hydrogen-bond donors (Lipinski definition) is 0. The predicted octanol–water partition coefficient (Wildman–Crippen LogP) is 7.29. The van der Waals surface area contributed by atoms with Gasteiger partial charge in [-0.25, -0.2) is 8.42 Å². The maximum absolute atomic E-state index is 13.9. The highest BCUT2D eigenvalue weighted by molar-refractivity contribution is 7.99. The van der Waals surface area contributed by atoms with Crippen molar-refractivity contribution in [2.75, 3.05) is 4.90 Å². The smallest absolute Gasteiger partial charge is 0.222 e. The third kappa shape index (κ3) is 3.50. The Morgan fingerprint density at radius 3 is 1.43 bits per heavy atom. The van der Waals surface area contributed by atoms with E-state index < -0.39 is 21.4 Å². The fourth-order valence-corrected chi connectivity index (χ4v) is 7.05. The number of nitrogens with zero attached hydrogens (tertiary/aromatic N) is 1. The molecule has 5 nitrogen and oxygen atoms in total. The Morgan fingerprint density at radius 1 is 0.525 bits per heavy atom. The Labute approximate surface area is 230 Å². The molecule has 2 aliphatic rings. The van der Waals surface area contributed by atoms with Crippen LogP contribution in [0.4, 0.5) is 11.4 Å². The molecule has 0 N–H and O–H groups in total. The topological polar surface area (TPSA) is 71.5 Å². The first kappa shape index (κ1) is 24.0. The maximum Gasteiger partial charge on any atom is 0.222 e. The van der Waals surface area contributed by atoms with E-state index in [9.17, 15) is 18.0 Å². The van der Waals surface area contributed by atoms with Crippen molar-refractivity contribution in [1.29, 1.82) is 0 Å². The van der Waals surface area contributed by atoms with Crippen molar-refractivity contribution >= 4 is 54.3 Å². The Balaban J connectivity index is 1.34. The van der Waals surface area contributed by atoms with Crippen LogP contribution in [0.2, 0.25) is 0 Å². The normalized spacial score (nSPS) is 15.8. The standard InChI is InChI=1S/C34H21NO4S/c36-33-29(34(37)32-28-18-10-8-16-26(28)25-15-7-9-17-27(25)31(32)33)21-24-19-20-30(40(24,38)39)35(22-11-3-1-4-12-22)23-13-5-2-6-14-23/h1-21H. The SMILES string of the molecule is O=C1C(=CC2=CC=C(N(c3ccccc3)c3ccccc3)S2(=O)=O)C(=O)c2c1c1ccccc1c1ccccc21. The predicted molar refractivity (Wildman–Crippen MR) is 158 cm³/mol. The van der Waals surface area contributed by atoms with Crippen molar-refractivity contribution in [2.45, 2.75) is 0 Å². The number of para-hydroxylation sites is 2. The Bertz CT molecular complexity index is 1970. The van der Waals surface area contributed by atoms with Crippen LogP contribution in [0, 0.1) is 0 Å². The van der Waals surface area contributed by atoms with Gasteiger partial charge in [0, 0.05) is 22.5 Å². The van der Waals surface area contributed by atoms with Gasteiger partial charge in [-0.3, -0.25) is 9.59 Å². The first-order chi connectivity index (χ1) is 19.5. The second kappa shape index (κ2) is 9.00. The largest absolute Gasteiger partial charge is 0.301 e. The molecule has 0 fully saturated rings. The number of carbonyl (C=O) groups is 2. The summed E-state index contributed by atoms with van der Waals surface area (Å²) in [6.07, 6.45) is 4.21. The van der Waals surface area contributed by atoms with Crippen molar-refractivity contribution in [1.82, 2.24) is 0 Å². The molecule has 0 aromatic heterocycles. The average Bonchev–Trinajstić information content (AvgIpc) is 3.42. The summed E-state index contributed by atoms with van der Waals surface area (Å²) in [5.41, 5.74) is 1.84. The third-order valence-corrected chi connectivity index (χ3v) is 9.13. The monoisotopic (exact) mass is 539 g/mol. The molecule has 0 radical (unpaired) electrons. The van der Waals surface area contributed by atoms with Crippen molar-refractivity contribution in [2.24, 2.45) is 0 Å². The van der Waals surface area contributed by atoms with Gasteiger partial charge in [-0.1, -0.05) is 84.9 Å². The number of benzene rings is 5. The molecule has 1 heterocycles. The van der Waals surface area contributed by atoms with E-state index in [4.69, 9.17) is 0 Å². The lowest BCUT2D eigenvalue weighted by molar-refractivity contribution is 0.0989. The van der Waals surface area contributed by atoms with Crippen LogP contribution in [0.5, 0.6) is 0 Å². The summed E-state index contributed by atoms with van der Waals surface area (Å²) >= 11 is 0. The Morgan fingerprint density at radius 2 is 0.950 bits per heavy atom. The van der Waals surface area contributed by atoms with Crippen LogP contribution in [-0.4, -0.2) is 20.0 Å². The van der Waals surface area contributed by atoms with E-state index in [1.54, 1.807) is 4.90 Å². The quantitative estimate of drug-likeness (QED) is 0.136. The van der Waals surface area contributed by atoms with E-state index >= 15 is 0 Å². The van der Waals surface area contributed by atoms with Gasteiger partial charge >= 0.3 is 0 Å². The van der Waals surface area contributed by atoms with E-state index in [-0.39, 0.29) is 15.5 Å². The summed E-state index contributed by atoms with van der Waals surface area (Å²) in [5.74, 6) is -0.927. The van der Waals surface area contributed by atoms with Gasteiger partial charge in [-0.2, -0.15) is 0 Å². The number of anilines is 2. The first-order valence-electron chi connectivity index (χ1n) is 12.8. The summed E-state index contributed by atoms with van der Waals surface area (Å²) in [7, 11) is -4.06. The molecule has 5 aromatic carbocycles. The van der Waals surface area contributed by atoms with Crippen LogP contribution in [0.3, 0.4) is 0 Å². The van der Waals surface area contributed by atoms with Crippen molar-refractivity contribution in [3.63, 3.8) is 0 Å². The molecule has 7 rings (SSSR count). The molecule has 1 aliphatic heterocycles. The summed E-state index contributed by atoms with van der Waals surface area (Å²) in [6, 6.07) is 33.4. The number of hydrogen-bond acceptors (Lipinski definition) is 5. The van der Waals surface area contributed by atoms with Crippen LogP contribution in [0.15, 0.2) is 143 Å². The van der Waals surface area contributed by atoms with Gasteiger partial charge in [0.25, 0.3) is 0 Å². The average molecular weight is 540 g/mol. The molecular formula is C34H21NO4S. The lowest BCUT2D eigenvalue weighted by atomic mass is 9.93. The van der Waals surface area contributed by atoms with Gasteiger partial charge in [0.2, 0.25) is 9.84 Å². The molecule has 0 bridgehead atoms. The van der Waals surface area contributed by atoms with Crippen molar-refractivity contribution in [3.8, 4) is 0 Å². The minimum atomic E-state index is -4.06. The van der Waals surface area contributed by atoms with Gasteiger partial charge in [0.1, 0.15) is 5.03 Å². The number of carbonyl (C=O) groups excluding carboxylic acids is 2. The highest BCUT2D eigenvalue weighted by Crippen LogP contribution is 2.42. The zero-order valence-electron chi connectivity index (χ0n) is 21.1. The first-order valence-corrected chi connectivity index (χ1v) is 14.3. The molecule has 0 saturated carbocycles. The van der Waals surface area contributed by atoms with Crippen LogP contribution < -0.4 is 4.90 Å². The molecule has 40 heavy (non-hydrogen) atoms. The number of sulfone groups is 1. The molecule has 0 spiro atoms. The van der Waals surface area contributed by atoms with Gasteiger partial charge < -0.3 is 4.90 Å². The van der Waals surface area contributed by atoms with Crippen molar-refractivity contribution in [3.05, 3.63) is 154 Å². The summed E-state index contributed by atoms with van der Waals surface area (Å²) in [4.78, 5) is 29.1. The Kier molecular flexibility index (Phi) is 5.40. The summed E-state index contributed by atoms with van der Waals surface area (Å²) in [5, 5.41) is 3.15. The fraction of sp³-hybridized carbons (Fsp3) is 0. The number of Topliss-reactive ketones (excluding diaryl/α,β-unsaturated/α-hetero) is 2. The minimum absolute atomic E-state index is 0.0445. The van der Waals surface area contributed by atoms with E-state index in [0.717, 1.165) is 10.8 Å². The van der Waals surface area contributed by atoms with E-state index in [1.165, 1.54) is 18.2 Å². The van der Waals surface area contributed by atoms with Gasteiger partial charge in [0.15, 0.2) is 11.6 Å². The molecular weight excluding hydrogens is 518 g/mol. The number of allylic oxidation sites excluding steroid dienone is 4. The second-order valence-corrected chi connectivity index (χ2v) is 11.5. The molecule has 192 valence electrons. The molecule has 1 aliphatic carbocycles. The highest BCUT2D eigenvalue weighted by atomic mass is 32.2. The van der Waals surface area contributed by atoms with Gasteiger partial charge in [-0.05, 0) is 64.0 Å². The van der Waals surface area contributed by atoms with Crippen LogP contribution in [-0.2, 0) is 9.84 Å². The van der Waals surface area contributed by atoms with Gasteiger partial charge in [-0.15, -0.1) is 0 Å². The number of fused-ring (bicyclic) bond motifs is 6. The van der Waals surface area contributed by atoms with Crippen LogP contribution in [0.1, 0.15) is 20.7 Å². The third-order valence-electron chi connectivity index (χ3n) is 7.39. The second-order valence-electron chi connectivity index (χ2n) is 9.64. The fourth-order valence-electron chi connectivity index (χ4n) is 5.59. The summed E-state index contributed by atoms with van der Waals surface area (Å²) < 4.78 is 27.9. The van der Waals surface area contributed by atoms with Gasteiger partial charge in [0.05, 0.1) is 10.5 Å². The van der Waals surface area contributed by atoms with E-state index in [1.807, 2.05) is 109 Å². The lowest BCUT2D eigenvalue weighted by Gasteiger charge is -2.26. The molecule has 0 unspecified atom stereocenters. The summed E-state index contributed by atoms with van der Waals surface area (Å²) in [6.45, 7) is 0. The zero-order valence-corrected chi connectivity index (χ0v) is 21.9. The molecule has 6 heteroatoms.